The van der Waals surface area contributed by atoms with Crippen molar-refractivity contribution in [2.75, 3.05) is 0 Å². The molecule has 0 aromatic heterocycles. The molecule has 0 heterocycles. The van der Waals surface area contributed by atoms with Crippen molar-refractivity contribution in [1.29, 1.82) is 0 Å². The molecule has 0 radical (unpaired) electrons. The van der Waals surface area contributed by atoms with Crippen molar-refractivity contribution in [3.05, 3.63) is 0 Å². The molecular formula is C9H19NO. The standard InChI is InChI=1S/C9H19NO/c1-6(11-10)7-8(2,3)9(7,4)5/h6-7H,10H2,1-5H3. The van der Waals surface area contributed by atoms with Crippen LogP contribution in [0.4, 0.5) is 0 Å². The monoisotopic (exact) mass is 157 g/mol. The Kier molecular flexibility index (Phi) is 1.81. The molecule has 0 amide bonds. The minimum Gasteiger partial charge on any atom is -0.301 e. The average molecular weight is 157 g/mol. The maximum Gasteiger partial charge on any atom is 0.0798 e. The van der Waals surface area contributed by atoms with Gasteiger partial charge in [-0.15, -0.1) is 0 Å². The maximum absolute atomic E-state index is 5.16. The minimum atomic E-state index is 0.181. The Morgan fingerprint density at radius 1 is 1.18 bits per heavy atom. The predicted octanol–water partition coefficient (Wildman–Crippen LogP) is 1.95. The highest BCUT2D eigenvalue weighted by molar-refractivity contribution is 5.14. The SMILES string of the molecule is CC(ON)C1C(C)(C)C1(C)C. The van der Waals surface area contributed by atoms with Crippen molar-refractivity contribution in [2.45, 2.75) is 40.7 Å². The zero-order valence-electron chi connectivity index (χ0n) is 8.14. The molecule has 11 heavy (non-hydrogen) atoms. The number of nitrogens with two attached hydrogens (primary N) is 1. The molecule has 2 nitrogen and oxygen atoms in total. The average Bonchev–Trinajstić information content (AvgIpc) is 2.24. The number of hydrogen-bond acceptors (Lipinski definition) is 2. The molecule has 0 saturated heterocycles. The van der Waals surface area contributed by atoms with E-state index in [0.29, 0.717) is 16.7 Å². The Morgan fingerprint density at radius 3 is 1.64 bits per heavy atom. The summed E-state index contributed by atoms with van der Waals surface area (Å²) in [5, 5.41) is 0. The van der Waals surface area contributed by atoms with E-state index in [1.165, 1.54) is 0 Å². The van der Waals surface area contributed by atoms with Crippen LogP contribution < -0.4 is 5.90 Å². The summed E-state index contributed by atoms with van der Waals surface area (Å²) in [4.78, 5) is 4.85. The molecule has 1 unspecified atom stereocenters. The van der Waals surface area contributed by atoms with Gasteiger partial charge in [-0.05, 0) is 23.7 Å². The van der Waals surface area contributed by atoms with Gasteiger partial charge in [-0.2, -0.15) is 0 Å². The zero-order valence-corrected chi connectivity index (χ0v) is 8.14. The molecule has 1 atom stereocenters. The fourth-order valence-corrected chi connectivity index (χ4v) is 2.50. The Hall–Kier alpha value is -0.0800. The first-order valence-corrected chi connectivity index (χ1v) is 4.21. The lowest BCUT2D eigenvalue weighted by atomic mass is 10.0. The molecule has 2 heteroatoms. The molecular weight excluding hydrogens is 138 g/mol. The van der Waals surface area contributed by atoms with Gasteiger partial charge in [0, 0.05) is 0 Å². The van der Waals surface area contributed by atoms with Crippen LogP contribution in [0.15, 0.2) is 0 Å². The van der Waals surface area contributed by atoms with Gasteiger partial charge in [0.25, 0.3) is 0 Å². The van der Waals surface area contributed by atoms with Gasteiger partial charge in [-0.25, -0.2) is 5.90 Å². The molecule has 1 fully saturated rings. The molecule has 0 bridgehead atoms. The van der Waals surface area contributed by atoms with E-state index < -0.39 is 0 Å². The molecule has 0 aliphatic heterocycles. The van der Waals surface area contributed by atoms with Gasteiger partial charge in [0.15, 0.2) is 0 Å². The van der Waals surface area contributed by atoms with Crippen molar-refractivity contribution >= 4 is 0 Å². The van der Waals surface area contributed by atoms with Crippen LogP contribution >= 0.6 is 0 Å². The van der Waals surface area contributed by atoms with E-state index in [1.807, 2.05) is 6.92 Å². The highest BCUT2D eigenvalue weighted by atomic mass is 16.6. The second kappa shape index (κ2) is 2.20. The van der Waals surface area contributed by atoms with E-state index in [2.05, 4.69) is 27.7 Å². The third kappa shape index (κ3) is 1.00. The van der Waals surface area contributed by atoms with Gasteiger partial charge in [0.2, 0.25) is 0 Å². The van der Waals surface area contributed by atoms with Crippen molar-refractivity contribution in [3.63, 3.8) is 0 Å². The lowest BCUT2D eigenvalue weighted by Gasteiger charge is -2.09. The maximum atomic E-state index is 5.16. The Bertz CT molecular complexity index is 149. The third-order valence-electron chi connectivity index (χ3n) is 3.82. The van der Waals surface area contributed by atoms with Crippen molar-refractivity contribution < 1.29 is 4.84 Å². The van der Waals surface area contributed by atoms with Gasteiger partial charge < -0.3 is 4.84 Å². The van der Waals surface area contributed by atoms with Crippen molar-refractivity contribution in [1.82, 2.24) is 0 Å². The summed E-state index contributed by atoms with van der Waals surface area (Å²) >= 11 is 0. The van der Waals surface area contributed by atoms with Crippen LogP contribution in [-0.4, -0.2) is 6.10 Å². The number of hydrogen-bond donors (Lipinski definition) is 1. The van der Waals surface area contributed by atoms with Crippen LogP contribution in [0.1, 0.15) is 34.6 Å². The summed E-state index contributed by atoms with van der Waals surface area (Å²) in [6.07, 6.45) is 0.181. The van der Waals surface area contributed by atoms with Crippen molar-refractivity contribution in [2.24, 2.45) is 22.6 Å². The van der Waals surface area contributed by atoms with E-state index in [0.717, 1.165) is 0 Å². The summed E-state index contributed by atoms with van der Waals surface area (Å²) in [5.74, 6) is 5.75. The normalized spacial score (nSPS) is 30.0. The first-order valence-electron chi connectivity index (χ1n) is 4.21. The molecule has 66 valence electrons. The topological polar surface area (TPSA) is 35.2 Å². The molecule has 1 aliphatic carbocycles. The van der Waals surface area contributed by atoms with E-state index >= 15 is 0 Å². The molecule has 0 spiro atoms. The quantitative estimate of drug-likeness (QED) is 0.622. The molecule has 1 rings (SSSR count). The van der Waals surface area contributed by atoms with E-state index in [-0.39, 0.29) is 6.10 Å². The van der Waals surface area contributed by atoms with Gasteiger partial charge in [0.05, 0.1) is 6.10 Å². The van der Waals surface area contributed by atoms with Crippen LogP contribution in [0, 0.1) is 16.7 Å². The van der Waals surface area contributed by atoms with Crippen LogP contribution in [0.2, 0.25) is 0 Å². The van der Waals surface area contributed by atoms with Gasteiger partial charge in [-0.1, -0.05) is 27.7 Å². The van der Waals surface area contributed by atoms with E-state index in [9.17, 15) is 0 Å². The first kappa shape index (κ1) is 9.01. The van der Waals surface area contributed by atoms with E-state index in [1.54, 1.807) is 0 Å². The highest BCUT2D eigenvalue weighted by Gasteiger charge is 2.66. The lowest BCUT2D eigenvalue weighted by molar-refractivity contribution is 0.0381. The second-order valence-corrected chi connectivity index (χ2v) is 4.76. The molecule has 0 aromatic rings. The van der Waals surface area contributed by atoms with Gasteiger partial charge >= 0.3 is 0 Å². The Labute approximate surface area is 69.1 Å². The summed E-state index contributed by atoms with van der Waals surface area (Å²) in [7, 11) is 0. The lowest BCUT2D eigenvalue weighted by Crippen LogP contribution is -2.18. The fraction of sp³-hybridized carbons (Fsp3) is 1.00. The summed E-state index contributed by atoms with van der Waals surface area (Å²) in [5.41, 5.74) is 0.761. The first-order chi connectivity index (χ1) is 4.85. The van der Waals surface area contributed by atoms with Crippen LogP contribution in [0.25, 0.3) is 0 Å². The number of rotatable bonds is 2. The molecule has 0 aromatic carbocycles. The van der Waals surface area contributed by atoms with Gasteiger partial charge in [-0.3, -0.25) is 0 Å². The summed E-state index contributed by atoms with van der Waals surface area (Å²) < 4.78 is 0. The minimum absolute atomic E-state index is 0.181. The van der Waals surface area contributed by atoms with E-state index in [4.69, 9.17) is 10.7 Å². The smallest absolute Gasteiger partial charge is 0.0798 e. The van der Waals surface area contributed by atoms with Crippen LogP contribution in [0.5, 0.6) is 0 Å². The van der Waals surface area contributed by atoms with Crippen LogP contribution in [0.3, 0.4) is 0 Å². The Balaban J connectivity index is 2.67. The predicted molar refractivity (Wildman–Crippen MR) is 45.8 cm³/mol. The van der Waals surface area contributed by atoms with Crippen LogP contribution in [-0.2, 0) is 4.84 Å². The Morgan fingerprint density at radius 2 is 1.55 bits per heavy atom. The highest BCUT2D eigenvalue weighted by Crippen LogP contribution is 2.69. The molecule has 2 N–H and O–H groups in total. The summed E-state index contributed by atoms with van der Waals surface area (Å²) in [6, 6.07) is 0. The fourth-order valence-electron chi connectivity index (χ4n) is 2.50. The van der Waals surface area contributed by atoms with Crippen molar-refractivity contribution in [3.8, 4) is 0 Å². The molecule has 1 aliphatic rings. The third-order valence-corrected chi connectivity index (χ3v) is 3.82. The largest absolute Gasteiger partial charge is 0.301 e. The zero-order chi connectivity index (χ0) is 8.86. The molecule has 1 saturated carbocycles. The van der Waals surface area contributed by atoms with Gasteiger partial charge in [0.1, 0.15) is 0 Å². The summed E-state index contributed by atoms with van der Waals surface area (Å²) in [6.45, 7) is 11.1. The second-order valence-electron chi connectivity index (χ2n) is 4.76.